The molecule has 0 unspecified atom stereocenters. The van der Waals surface area contributed by atoms with Gasteiger partial charge in [-0.25, -0.2) is 0 Å². The highest BCUT2D eigenvalue weighted by molar-refractivity contribution is 9.10. The number of nitrogens with two attached hydrogens (primary N) is 1. The zero-order chi connectivity index (χ0) is 18.9. The molecular weight excluding hydrogens is 396 g/mol. The molecule has 3 N–H and O–H groups in total. The molecule has 2 amide bonds. The molecule has 0 aliphatic heterocycles. The van der Waals surface area contributed by atoms with Crippen LogP contribution >= 0.6 is 15.9 Å². The molecule has 2 rings (SSSR count). The molecule has 0 heterocycles. The zero-order valence-corrected chi connectivity index (χ0v) is 16.3. The van der Waals surface area contributed by atoms with Gasteiger partial charge in [0.15, 0.2) is 0 Å². The highest BCUT2D eigenvalue weighted by Gasteiger charge is 2.13. The molecule has 0 radical (unpaired) electrons. The van der Waals surface area contributed by atoms with Crippen LogP contribution in [0.2, 0.25) is 0 Å². The van der Waals surface area contributed by atoms with E-state index in [1.807, 2.05) is 0 Å². The molecular formula is C20H23BrN2O3. The first-order chi connectivity index (χ1) is 12.5. The van der Waals surface area contributed by atoms with Gasteiger partial charge in [-0.05, 0) is 52.7 Å². The van der Waals surface area contributed by atoms with Gasteiger partial charge in [-0.1, -0.05) is 38.3 Å². The van der Waals surface area contributed by atoms with Gasteiger partial charge in [0.1, 0.15) is 5.75 Å². The van der Waals surface area contributed by atoms with Crippen molar-refractivity contribution in [3.8, 4) is 5.75 Å². The molecule has 2 aromatic rings. The van der Waals surface area contributed by atoms with Crippen molar-refractivity contribution in [3.63, 3.8) is 0 Å². The smallest absolute Gasteiger partial charge is 0.255 e. The average molecular weight is 419 g/mol. The van der Waals surface area contributed by atoms with Gasteiger partial charge in [0.25, 0.3) is 11.8 Å². The van der Waals surface area contributed by atoms with Gasteiger partial charge in [-0.15, -0.1) is 0 Å². The maximum atomic E-state index is 12.5. The average Bonchev–Trinajstić information content (AvgIpc) is 2.63. The Bertz CT molecular complexity index is 777. The van der Waals surface area contributed by atoms with Gasteiger partial charge >= 0.3 is 0 Å². The molecule has 0 atom stereocenters. The second-order valence-corrected chi connectivity index (χ2v) is 6.77. The van der Waals surface area contributed by atoms with E-state index in [4.69, 9.17) is 10.5 Å². The molecule has 0 aliphatic carbocycles. The monoisotopic (exact) mass is 418 g/mol. The topological polar surface area (TPSA) is 81.4 Å². The summed E-state index contributed by atoms with van der Waals surface area (Å²) in [6.45, 7) is 2.82. The molecule has 0 saturated carbocycles. The Hall–Kier alpha value is -2.34. The minimum Gasteiger partial charge on any atom is -0.492 e. The summed E-state index contributed by atoms with van der Waals surface area (Å²) in [4.78, 5) is 23.9. The number of hydrogen-bond donors (Lipinski definition) is 2. The number of ether oxygens (including phenoxy) is 1. The Balaban J connectivity index is 2.02. The SMILES string of the molecule is CCCCCCOc1ccc(C(=O)Nc2ccccc2C(N)=O)cc1Br. The van der Waals surface area contributed by atoms with Crippen LogP contribution in [0.15, 0.2) is 46.9 Å². The van der Waals surface area contributed by atoms with Crippen LogP contribution in [0.3, 0.4) is 0 Å². The molecule has 5 nitrogen and oxygen atoms in total. The van der Waals surface area contributed by atoms with Crippen molar-refractivity contribution in [2.75, 3.05) is 11.9 Å². The number of hydrogen-bond acceptors (Lipinski definition) is 3. The van der Waals surface area contributed by atoms with Crippen LogP contribution in [-0.2, 0) is 0 Å². The lowest BCUT2D eigenvalue weighted by Crippen LogP contribution is -2.18. The van der Waals surface area contributed by atoms with Crippen LogP contribution in [0, 0.1) is 0 Å². The maximum Gasteiger partial charge on any atom is 0.255 e. The molecule has 0 saturated heterocycles. The van der Waals surface area contributed by atoms with Crippen molar-refractivity contribution in [1.82, 2.24) is 0 Å². The number of rotatable bonds is 9. The second-order valence-electron chi connectivity index (χ2n) is 5.92. The predicted octanol–water partition coefficient (Wildman–Crippen LogP) is 4.76. The minimum absolute atomic E-state index is 0.270. The fourth-order valence-electron chi connectivity index (χ4n) is 2.47. The summed E-state index contributed by atoms with van der Waals surface area (Å²) in [7, 11) is 0. The van der Waals surface area contributed by atoms with Crippen LogP contribution in [0.5, 0.6) is 5.75 Å². The van der Waals surface area contributed by atoms with Crippen molar-refractivity contribution >= 4 is 33.4 Å². The third-order valence-electron chi connectivity index (χ3n) is 3.89. The molecule has 6 heteroatoms. The van der Waals surface area contributed by atoms with Gasteiger partial charge in [0.05, 0.1) is 22.3 Å². The van der Waals surface area contributed by atoms with E-state index in [1.165, 1.54) is 12.8 Å². The first-order valence-corrected chi connectivity index (χ1v) is 9.44. The number of primary amides is 1. The van der Waals surface area contributed by atoms with E-state index in [1.54, 1.807) is 42.5 Å². The van der Waals surface area contributed by atoms with E-state index in [-0.39, 0.29) is 11.5 Å². The third-order valence-corrected chi connectivity index (χ3v) is 4.51. The number of carbonyl (C=O) groups is 2. The van der Waals surface area contributed by atoms with Crippen LogP contribution in [0.1, 0.15) is 53.3 Å². The molecule has 0 bridgehead atoms. The summed E-state index contributed by atoms with van der Waals surface area (Å²) in [6.07, 6.45) is 4.54. The standard InChI is InChI=1S/C20H23BrN2O3/c1-2-3-4-7-12-26-18-11-10-14(13-16(18)21)20(25)23-17-9-6-5-8-15(17)19(22)24/h5-6,8-11,13H,2-4,7,12H2,1H3,(H2,22,24)(H,23,25). The number of nitrogens with one attached hydrogen (secondary N) is 1. The maximum absolute atomic E-state index is 12.5. The van der Waals surface area contributed by atoms with E-state index >= 15 is 0 Å². The number of carbonyl (C=O) groups excluding carboxylic acids is 2. The Morgan fingerprint density at radius 3 is 2.58 bits per heavy atom. The summed E-state index contributed by atoms with van der Waals surface area (Å²) < 4.78 is 6.46. The van der Waals surface area contributed by atoms with Crippen molar-refractivity contribution in [3.05, 3.63) is 58.1 Å². The fourth-order valence-corrected chi connectivity index (χ4v) is 2.96. The number of amides is 2. The molecule has 2 aromatic carbocycles. The summed E-state index contributed by atoms with van der Waals surface area (Å²) in [5.41, 5.74) is 6.45. The Kier molecular flexibility index (Phi) is 7.66. The Labute approximate surface area is 162 Å². The van der Waals surface area contributed by atoms with Gasteiger partial charge in [-0.3, -0.25) is 9.59 Å². The van der Waals surface area contributed by atoms with E-state index in [0.717, 1.165) is 12.8 Å². The molecule has 0 aromatic heterocycles. The summed E-state index contributed by atoms with van der Waals surface area (Å²) in [6, 6.07) is 11.8. The van der Waals surface area contributed by atoms with Crippen LogP contribution in [-0.4, -0.2) is 18.4 Å². The van der Waals surface area contributed by atoms with Crippen molar-refractivity contribution in [2.45, 2.75) is 32.6 Å². The Morgan fingerprint density at radius 2 is 1.88 bits per heavy atom. The molecule has 0 fully saturated rings. The number of unbranched alkanes of at least 4 members (excludes halogenated alkanes) is 3. The first-order valence-electron chi connectivity index (χ1n) is 8.65. The molecule has 0 aliphatic rings. The van der Waals surface area contributed by atoms with Crippen molar-refractivity contribution in [2.24, 2.45) is 5.73 Å². The summed E-state index contributed by atoms with van der Waals surface area (Å²) in [5.74, 6) is -0.210. The summed E-state index contributed by atoms with van der Waals surface area (Å²) >= 11 is 3.44. The number of anilines is 1. The van der Waals surface area contributed by atoms with Crippen LogP contribution in [0.25, 0.3) is 0 Å². The van der Waals surface area contributed by atoms with Crippen LogP contribution in [0.4, 0.5) is 5.69 Å². The lowest BCUT2D eigenvalue weighted by Gasteiger charge is -2.11. The first kappa shape index (κ1) is 20.0. The molecule has 0 spiro atoms. The largest absolute Gasteiger partial charge is 0.492 e. The van der Waals surface area contributed by atoms with E-state index < -0.39 is 5.91 Å². The lowest BCUT2D eigenvalue weighted by atomic mass is 10.1. The second kappa shape index (κ2) is 9.97. The Morgan fingerprint density at radius 1 is 1.12 bits per heavy atom. The minimum atomic E-state index is -0.589. The number of benzene rings is 2. The van der Waals surface area contributed by atoms with Crippen LogP contribution < -0.4 is 15.8 Å². The number of para-hydroxylation sites is 1. The van der Waals surface area contributed by atoms with E-state index in [9.17, 15) is 9.59 Å². The zero-order valence-electron chi connectivity index (χ0n) is 14.8. The van der Waals surface area contributed by atoms with Gasteiger partial charge in [0, 0.05) is 5.56 Å². The predicted molar refractivity (Wildman–Crippen MR) is 107 cm³/mol. The fraction of sp³-hybridized carbons (Fsp3) is 0.300. The number of halogens is 1. The van der Waals surface area contributed by atoms with E-state index in [0.29, 0.717) is 28.1 Å². The van der Waals surface area contributed by atoms with Crippen molar-refractivity contribution in [1.29, 1.82) is 0 Å². The van der Waals surface area contributed by atoms with Crippen molar-refractivity contribution < 1.29 is 14.3 Å². The highest BCUT2D eigenvalue weighted by atomic mass is 79.9. The normalized spacial score (nSPS) is 10.4. The quantitative estimate of drug-likeness (QED) is 0.575. The lowest BCUT2D eigenvalue weighted by molar-refractivity contribution is 0.100. The molecule has 26 heavy (non-hydrogen) atoms. The summed E-state index contributed by atoms with van der Waals surface area (Å²) in [5, 5.41) is 2.72. The van der Waals surface area contributed by atoms with Gasteiger partial charge in [0.2, 0.25) is 0 Å². The van der Waals surface area contributed by atoms with E-state index in [2.05, 4.69) is 28.2 Å². The third kappa shape index (κ3) is 5.59. The van der Waals surface area contributed by atoms with Gasteiger partial charge in [-0.2, -0.15) is 0 Å². The van der Waals surface area contributed by atoms with Gasteiger partial charge < -0.3 is 15.8 Å². The highest BCUT2D eigenvalue weighted by Crippen LogP contribution is 2.27. The molecule has 138 valence electrons.